The molecule has 0 bridgehead atoms. The fourth-order valence-corrected chi connectivity index (χ4v) is 4.29. The Labute approximate surface area is 171 Å². The van der Waals surface area contributed by atoms with Crippen molar-refractivity contribution in [3.8, 4) is 11.5 Å². The van der Waals surface area contributed by atoms with Crippen LogP contribution in [0, 0.1) is 0 Å². The lowest BCUT2D eigenvalue weighted by molar-refractivity contribution is 0.0618. The van der Waals surface area contributed by atoms with Crippen LogP contribution in [0.2, 0.25) is 0 Å². The molecule has 0 saturated heterocycles. The molecule has 7 nitrogen and oxygen atoms in total. The second-order valence-corrected chi connectivity index (χ2v) is 9.96. The van der Waals surface area contributed by atoms with Crippen molar-refractivity contribution in [3.63, 3.8) is 0 Å². The summed E-state index contributed by atoms with van der Waals surface area (Å²) >= 11 is 0. The topological polar surface area (TPSA) is 84.9 Å². The molecule has 0 radical (unpaired) electrons. The van der Waals surface area contributed by atoms with Gasteiger partial charge < -0.3 is 14.8 Å². The standard InChI is InChI=1S/C21H26N2O5S/c1-21(2)13-18(17-12-15(27-5)9-10-19(17)28-21)22-20(24)14-7-6-8-16(11-14)29(25,26)23(3)4/h6-12,18H,13H2,1-5H3,(H,22,24). The van der Waals surface area contributed by atoms with Gasteiger partial charge in [-0.05, 0) is 50.2 Å². The maximum atomic E-state index is 12.9. The van der Waals surface area contributed by atoms with E-state index >= 15 is 0 Å². The summed E-state index contributed by atoms with van der Waals surface area (Å²) < 4.78 is 37.2. The zero-order valence-corrected chi connectivity index (χ0v) is 18.0. The number of benzene rings is 2. The molecule has 0 aliphatic carbocycles. The molecule has 1 aliphatic heterocycles. The van der Waals surface area contributed by atoms with Crippen LogP contribution >= 0.6 is 0 Å². The first-order valence-corrected chi connectivity index (χ1v) is 10.7. The van der Waals surface area contributed by atoms with Crippen LogP contribution in [-0.2, 0) is 10.0 Å². The van der Waals surface area contributed by atoms with Crippen LogP contribution in [0.3, 0.4) is 0 Å². The van der Waals surface area contributed by atoms with E-state index in [1.54, 1.807) is 19.2 Å². The Morgan fingerprint density at radius 3 is 2.59 bits per heavy atom. The minimum absolute atomic E-state index is 0.0736. The molecule has 1 N–H and O–H groups in total. The van der Waals surface area contributed by atoms with Gasteiger partial charge in [-0.2, -0.15) is 0 Å². The van der Waals surface area contributed by atoms with Crippen molar-refractivity contribution in [3.05, 3.63) is 53.6 Å². The summed E-state index contributed by atoms with van der Waals surface area (Å²) in [5.74, 6) is 1.01. The zero-order valence-electron chi connectivity index (χ0n) is 17.2. The second-order valence-electron chi connectivity index (χ2n) is 7.81. The first-order valence-electron chi connectivity index (χ1n) is 9.24. The molecule has 8 heteroatoms. The molecule has 1 atom stereocenters. The van der Waals surface area contributed by atoms with Gasteiger partial charge in [-0.3, -0.25) is 4.79 Å². The minimum atomic E-state index is -3.63. The first-order chi connectivity index (χ1) is 13.5. The van der Waals surface area contributed by atoms with E-state index in [1.165, 1.54) is 26.2 Å². The summed E-state index contributed by atoms with van der Waals surface area (Å²) in [6.07, 6.45) is 0.564. The average Bonchev–Trinajstić information content (AvgIpc) is 2.66. The van der Waals surface area contributed by atoms with E-state index in [2.05, 4.69) is 5.32 Å². The van der Waals surface area contributed by atoms with Crippen LogP contribution in [0.5, 0.6) is 11.5 Å². The molecule has 1 amide bonds. The number of rotatable bonds is 5. The number of methoxy groups -OCH3 is 1. The number of amides is 1. The molecule has 29 heavy (non-hydrogen) atoms. The largest absolute Gasteiger partial charge is 0.497 e. The lowest BCUT2D eigenvalue weighted by Gasteiger charge is -2.38. The van der Waals surface area contributed by atoms with Gasteiger partial charge in [0.05, 0.1) is 18.0 Å². The number of ether oxygens (including phenoxy) is 2. The quantitative estimate of drug-likeness (QED) is 0.807. The number of nitrogens with one attached hydrogen (secondary N) is 1. The molecule has 1 heterocycles. The van der Waals surface area contributed by atoms with E-state index in [0.717, 1.165) is 9.87 Å². The van der Waals surface area contributed by atoms with Gasteiger partial charge >= 0.3 is 0 Å². The number of hydrogen-bond donors (Lipinski definition) is 1. The highest BCUT2D eigenvalue weighted by molar-refractivity contribution is 7.89. The van der Waals surface area contributed by atoms with Crippen LogP contribution in [0.4, 0.5) is 0 Å². The lowest BCUT2D eigenvalue weighted by Crippen LogP contribution is -2.41. The monoisotopic (exact) mass is 418 g/mol. The first kappa shape index (κ1) is 21.1. The second kappa shape index (κ2) is 7.68. The highest BCUT2D eigenvalue weighted by atomic mass is 32.2. The molecule has 0 aromatic heterocycles. The number of hydrogen-bond acceptors (Lipinski definition) is 5. The molecule has 1 unspecified atom stereocenters. The van der Waals surface area contributed by atoms with E-state index < -0.39 is 15.6 Å². The molecule has 0 spiro atoms. The van der Waals surface area contributed by atoms with Gasteiger partial charge in [0.25, 0.3) is 5.91 Å². The summed E-state index contributed by atoms with van der Waals surface area (Å²) in [6.45, 7) is 3.92. The van der Waals surface area contributed by atoms with Gasteiger partial charge in [0, 0.05) is 31.6 Å². The van der Waals surface area contributed by atoms with Crippen LogP contribution in [-0.4, -0.2) is 45.4 Å². The Morgan fingerprint density at radius 1 is 1.21 bits per heavy atom. The lowest BCUT2D eigenvalue weighted by atomic mass is 9.89. The third-order valence-corrected chi connectivity index (χ3v) is 6.67. The molecule has 156 valence electrons. The number of fused-ring (bicyclic) bond motifs is 1. The van der Waals surface area contributed by atoms with Gasteiger partial charge in [-0.15, -0.1) is 0 Å². The van der Waals surface area contributed by atoms with E-state index in [0.29, 0.717) is 17.9 Å². The predicted molar refractivity (Wildman–Crippen MR) is 110 cm³/mol. The summed E-state index contributed by atoms with van der Waals surface area (Å²) in [5.41, 5.74) is 0.645. The Balaban J connectivity index is 1.92. The van der Waals surface area contributed by atoms with Crippen molar-refractivity contribution >= 4 is 15.9 Å². The summed E-state index contributed by atoms with van der Waals surface area (Å²) in [6, 6.07) is 11.2. The van der Waals surface area contributed by atoms with Crippen LogP contribution in [0.15, 0.2) is 47.4 Å². The SMILES string of the molecule is COc1ccc2c(c1)C(NC(=O)c1cccc(S(=O)(=O)N(C)C)c1)CC(C)(C)O2. The van der Waals surface area contributed by atoms with Crippen LogP contribution < -0.4 is 14.8 Å². The third-order valence-electron chi connectivity index (χ3n) is 4.85. The normalized spacial score (nSPS) is 17.9. The fraction of sp³-hybridized carbons (Fsp3) is 0.381. The van der Waals surface area contributed by atoms with Crippen LogP contribution in [0.1, 0.15) is 42.2 Å². The van der Waals surface area contributed by atoms with Gasteiger partial charge in [-0.1, -0.05) is 6.07 Å². The Morgan fingerprint density at radius 2 is 1.93 bits per heavy atom. The maximum Gasteiger partial charge on any atom is 0.251 e. The molecular weight excluding hydrogens is 392 g/mol. The van der Waals surface area contributed by atoms with Crippen molar-refractivity contribution in [2.45, 2.75) is 36.8 Å². The molecule has 3 rings (SSSR count). The summed E-state index contributed by atoms with van der Waals surface area (Å²) in [4.78, 5) is 13.0. The van der Waals surface area contributed by atoms with E-state index in [1.807, 2.05) is 32.0 Å². The molecule has 2 aromatic rings. The smallest absolute Gasteiger partial charge is 0.251 e. The van der Waals surface area contributed by atoms with Crippen molar-refractivity contribution in [2.75, 3.05) is 21.2 Å². The molecule has 2 aromatic carbocycles. The molecule has 0 fully saturated rings. The summed E-state index contributed by atoms with van der Waals surface area (Å²) in [7, 11) is 0.867. The highest BCUT2D eigenvalue weighted by Gasteiger charge is 2.35. The Bertz CT molecular complexity index is 1030. The van der Waals surface area contributed by atoms with E-state index in [4.69, 9.17) is 9.47 Å². The third kappa shape index (κ3) is 4.38. The van der Waals surface area contributed by atoms with Gasteiger partial charge in [0.2, 0.25) is 10.0 Å². The van der Waals surface area contributed by atoms with Crippen molar-refractivity contribution < 1.29 is 22.7 Å². The molecular formula is C21H26N2O5S. The number of sulfonamides is 1. The zero-order chi connectivity index (χ0) is 21.4. The van der Waals surface area contributed by atoms with Crippen molar-refractivity contribution in [1.29, 1.82) is 0 Å². The van der Waals surface area contributed by atoms with E-state index in [-0.39, 0.29) is 22.4 Å². The van der Waals surface area contributed by atoms with E-state index in [9.17, 15) is 13.2 Å². The Kier molecular flexibility index (Phi) is 5.60. The minimum Gasteiger partial charge on any atom is -0.497 e. The Hall–Kier alpha value is -2.58. The van der Waals surface area contributed by atoms with Crippen molar-refractivity contribution in [2.24, 2.45) is 0 Å². The van der Waals surface area contributed by atoms with Gasteiger partial charge in [0.15, 0.2) is 0 Å². The number of carbonyl (C=O) groups excluding carboxylic acids is 1. The fourth-order valence-electron chi connectivity index (χ4n) is 3.34. The van der Waals surface area contributed by atoms with Crippen molar-refractivity contribution in [1.82, 2.24) is 9.62 Å². The summed E-state index contributed by atoms with van der Waals surface area (Å²) in [5, 5.41) is 3.02. The number of nitrogens with zero attached hydrogens (tertiary/aromatic N) is 1. The van der Waals surface area contributed by atoms with Gasteiger partial charge in [0.1, 0.15) is 17.1 Å². The predicted octanol–water partition coefficient (Wildman–Crippen LogP) is 2.98. The molecule has 0 saturated carbocycles. The van der Waals surface area contributed by atoms with Gasteiger partial charge in [-0.25, -0.2) is 12.7 Å². The maximum absolute atomic E-state index is 12.9. The highest BCUT2D eigenvalue weighted by Crippen LogP contribution is 2.41. The average molecular weight is 419 g/mol. The number of carbonyl (C=O) groups is 1. The molecule has 1 aliphatic rings. The van der Waals surface area contributed by atoms with Crippen LogP contribution in [0.25, 0.3) is 0 Å².